The van der Waals surface area contributed by atoms with Crippen LogP contribution in [0.25, 0.3) is 11.3 Å². The molecule has 0 atom stereocenters. The first-order valence-electron chi connectivity index (χ1n) is 5.19. The van der Waals surface area contributed by atoms with Crippen LogP contribution in [-0.2, 0) is 6.18 Å². The van der Waals surface area contributed by atoms with Crippen LogP contribution in [-0.4, -0.2) is 17.3 Å². The van der Waals surface area contributed by atoms with Gasteiger partial charge in [-0.3, -0.25) is 5.10 Å². The molecule has 1 N–H and O–H groups in total. The molecule has 0 fully saturated rings. The normalized spacial score (nSPS) is 11.6. The van der Waals surface area contributed by atoms with E-state index in [0.717, 1.165) is 11.6 Å². The fourth-order valence-electron chi connectivity index (χ4n) is 1.65. The highest BCUT2D eigenvalue weighted by Gasteiger charge is 2.33. The number of aromatic nitrogens is 2. The molecular weight excluding hydrogens is 245 g/mol. The van der Waals surface area contributed by atoms with Gasteiger partial charge in [0.05, 0.1) is 12.8 Å². The van der Waals surface area contributed by atoms with Crippen molar-refractivity contribution >= 4 is 0 Å². The van der Waals surface area contributed by atoms with Crippen LogP contribution in [0.2, 0.25) is 0 Å². The fourth-order valence-corrected chi connectivity index (χ4v) is 1.65. The van der Waals surface area contributed by atoms with Gasteiger partial charge in [-0.2, -0.15) is 18.3 Å². The van der Waals surface area contributed by atoms with Crippen LogP contribution in [0.15, 0.2) is 24.3 Å². The fraction of sp³-hybridized carbons (Fsp3) is 0.250. The quantitative estimate of drug-likeness (QED) is 0.894. The summed E-state index contributed by atoms with van der Waals surface area (Å²) in [7, 11) is 1.54. The third-order valence-corrected chi connectivity index (χ3v) is 2.57. The van der Waals surface area contributed by atoms with Crippen molar-refractivity contribution in [3.05, 3.63) is 35.5 Å². The lowest BCUT2D eigenvalue weighted by atomic mass is 10.1. The molecule has 0 aliphatic rings. The first-order chi connectivity index (χ1) is 8.41. The summed E-state index contributed by atoms with van der Waals surface area (Å²) in [5, 5.41) is 5.65. The average Bonchev–Trinajstić information content (AvgIpc) is 2.77. The van der Waals surface area contributed by atoms with Gasteiger partial charge in [-0.15, -0.1) is 0 Å². The van der Waals surface area contributed by atoms with E-state index in [9.17, 15) is 13.2 Å². The van der Waals surface area contributed by atoms with Gasteiger partial charge in [0, 0.05) is 5.56 Å². The highest BCUT2D eigenvalue weighted by molar-refractivity contribution is 5.62. The van der Waals surface area contributed by atoms with Gasteiger partial charge in [-0.1, -0.05) is 0 Å². The summed E-state index contributed by atoms with van der Waals surface area (Å²) in [5.74, 6) is 0.685. The number of H-pyrrole nitrogens is 1. The predicted molar refractivity (Wildman–Crippen MR) is 60.3 cm³/mol. The van der Waals surface area contributed by atoms with Gasteiger partial charge in [0.1, 0.15) is 11.4 Å². The number of hydrogen-bond donors (Lipinski definition) is 1. The minimum absolute atomic E-state index is 0.257. The maximum atomic E-state index is 12.4. The van der Waals surface area contributed by atoms with Crippen molar-refractivity contribution in [1.82, 2.24) is 10.2 Å². The Bertz CT molecular complexity index is 561. The molecule has 1 aromatic heterocycles. The Kier molecular flexibility index (Phi) is 3.02. The molecule has 0 aliphatic heterocycles. The van der Waals surface area contributed by atoms with Crippen molar-refractivity contribution in [1.29, 1.82) is 0 Å². The van der Waals surface area contributed by atoms with Gasteiger partial charge >= 0.3 is 6.18 Å². The Hall–Kier alpha value is -1.98. The number of nitrogens with one attached hydrogen (secondary N) is 1. The first-order valence-corrected chi connectivity index (χ1v) is 5.19. The van der Waals surface area contributed by atoms with E-state index in [1.165, 1.54) is 7.11 Å². The van der Waals surface area contributed by atoms with Crippen LogP contribution in [0, 0.1) is 6.92 Å². The molecule has 0 aliphatic carbocycles. The lowest BCUT2D eigenvalue weighted by molar-refractivity contribution is -0.141. The number of methoxy groups -OCH3 is 1. The monoisotopic (exact) mass is 256 g/mol. The average molecular weight is 256 g/mol. The van der Waals surface area contributed by atoms with E-state index >= 15 is 0 Å². The summed E-state index contributed by atoms with van der Waals surface area (Å²) in [4.78, 5) is 0. The summed E-state index contributed by atoms with van der Waals surface area (Å²) in [6.45, 7) is 1.82. The zero-order valence-corrected chi connectivity index (χ0v) is 9.80. The number of nitrogens with zero attached hydrogens (tertiary/aromatic N) is 1. The summed E-state index contributed by atoms with van der Waals surface area (Å²) >= 11 is 0. The molecule has 0 saturated heterocycles. The maximum Gasteiger partial charge on any atom is 0.432 e. The van der Waals surface area contributed by atoms with Gasteiger partial charge in [0.15, 0.2) is 0 Å². The number of rotatable bonds is 2. The van der Waals surface area contributed by atoms with Crippen LogP contribution in [0.1, 0.15) is 11.3 Å². The molecule has 3 nitrogen and oxygen atoms in total. The molecule has 1 aromatic carbocycles. The van der Waals surface area contributed by atoms with Crippen LogP contribution in [0.4, 0.5) is 13.2 Å². The minimum Gasteiger partial charge on any atom is -0.496 e. The van der Waals surface area contributed by atoms with E-state index in [1.807, 2.05) is 12.0 Å². The number of halogens is 3. The standard InChI is InChI=1S/C12H11F3N2O/c1-7-5-8(3-4-10(7)18-2)9-6-11(17-16-9)12(13,14)15/h3-6H,1-2H3,(H,16,17). The Morgan fingerprint density at radius 2 is 1.94 bits per heavy atom. The van der Waals surface area contributed by atoms with Gasteiger partial charge in [-0.25, -0.2) is 0 Å². The van der Waals surface area contributed by atoms with Gasteiger partial charge in [-0.05, 0) is 36.8 Å². The number of alkyl halides is 3. The van der Waals surface area contributed by atoms with Crippen molar-refractivity contribution in [3.63, 3.8) is 0 Å². The van der Waals surface area contributed by atoms with Gasteiger partial charge in [0.25, 0.3) is 0 Å². The lowest BCUT2D eigenvalue weighted by Crippen LogP contribution is -2.04. The molecule has 0 bridgehead atoms. The van der Waals surface area contributed by atoms with Crippen molar-refractivity contribution in [2.75, 3.05) is 7.11 Å². The highest BCUT2D eigenvalue weighted by atomic mass is 19.4. The smallest absolute Gasteiger partial charge is 0.432 e. The molecule has 2 rings (SSSR count). The molecule has 18 heavy (non-hydrogen) atoms. The van der Waals surface area contributed by atoms with Crippen LogP contribution in [0.5, 0.6) is 5.75 Å². The zero-order chi connectivity index (χ0) is 13.3. The Labute approximate surface area is 102 Å². The third kappa shape index (κ3) is 2.32. The largest absolute Gasteiger partial charge is 0.496 e. The van der Waals surface area contributed by atoms with Crippen molar-refractivity contribution in [3.8, 4) is 17.0 Å². The first kappa shape index (κ1) is 12.5. The molecule has 0 spiro atoms. The van der Waals surface area contributed by atoms with E-state index in [-0.39, 0.29) is 5.69 Å². The van der Waals surface area contributed by atoms with Crippen LogP contribution >= 0.6 is 0 Å². The highest BCUT2D eigenvalue weighted by Crippen LogP contribution is 2.31. The van der Waals surface area contributed by atoms with Crippen LogP contribution < -0.4 is 4.74 Å². The molecule has 96 valence electrons. The Balaban J connectivity index is 2.38. The second-order valence-corrected chi connectivity index (χ2v) is 3.85. The van der Waals surface area contributed by atoms with Crippen LogP contribution in [0.3, 0.4) is 0 Å². The SMILES string of the molecule is COc1ccc(-c2cc(C(F)(F)F)[nH]n2)cc1C. The molecule has 2 aromatic rings. The second kappa shape index (κ2) is 4.36. The Morgan fingerprint density at radius 3 is 2.44 bits per heavy atom. The molecular formula is C12H11F3N2O. The van der Waals surface area contributed by atoms with Gasteiger partial charge in [0.2, 0.25) is 0 Å². The van der Waals surface area contributed by atoms with Crippen molar-refractivity contribution in [2.24, 2.45) is 0 Å². The molecule has 0 saturated carbocycles. The summed E-state index contributed by atoms with van der Waals surface area (Å²) in [6, 6.07) is 6.09. The minimum atomic E-state index is -4.41. The van der Waals surface area contributed by atoms with E-state index < -0.39 is 11.9 Å². The van der Waals surface area contributed by atoms with Crippen molar-refractivity contribution in [2.45, 2.75) is 13.1 Å². The zero-order valence-electron chi connectivity index (χ0n) is 9.80. The molecule has 0 unspecified atom stereocenters. The molecule has 0 radical (unpaired) electrons. The predicted octanol–water partition coefficient (Wildman–Crippen LogP) is 3.41. The summed E-state index contributed by atoms with van der Waals surface area (Å²) < 4.78 is 42.4. The molecule has 6 heteroatoms. The Morgan fingerprint density at radius 1 is 1.22 bits per heavy atom. The lowest BCUT2D eigenvalue weighted by Gasteiger charge is -2.05. The molecule has 0 amide bonds. The number of aryl methyl sites for hydroxylation is 1. The van der Waals surface area contributed by atoms with Crippen molar-refractivity contribution < 1.29 is 17.9 Å². The number of ether oxygens (including phenoxy) is 1. The molecule has 1 heterocycles. The topological polar surface area (TPSA) is 37.9 Å². The maximum absolute atomic E-state index is 12.4. The number of aromatic amines is 1. The number of hydrogen-bond acceptors (Lipinski definition) is 2. The van der Waals surface area contributed by atoms with Gasteiger partial charge < -0.3 is 4.74 Å². The number of benzene rings is 1. The van der Waals surface area contributed by atoms with E-state index in [1.54, 1.807) is 18.2 Å². The summed E-state index contributed by atoms with van der Waals surface area (Å²) in [6.07, 6.45) is -4.41. The summed E-state index contributed by atoms with van der Waals surface area (Å²) in [5.41, 5.74) is 0.852. The third-order valence-electron chi connectivity index (χ3n) is 2.57. The van der Waals surface area contributed by atoms with E-state index in [4.69, 9.17) is 4.74 Å². The van der Waals surface area contributed by atoms with E-state index in [0.29, 0.717) is 11.3 Å². The van der Waals surface area contributed by atoms with E-state index in [2.05, 4.69) is 5.10 Å². The second-order valence-electron chi connectivity index (χ2n) is 3.85.